The van der Waals surface area contributed by atoms with Crippen LogP contribution in [0.2, 0.25) is 0 Å². The molecule has 0 saturated carbocycles. The molecule has 2 fully saturated rings. The first kappa shape index (κ1) is 23.2. The lowest BCUT2D eigenvalue weighted by Gasteiger charge is -2.31. The van der Waals surface area contributed by atoms with E-state index < -0.39 is 0 Å². The number of piperidine rings is 1. The molecule has 156 valence electrons. The molecule has 1 N–H and O–H groups in total. The van der Waals surface area contributed by atoms with Gasteiger partial charge >= 0.3 is 0 Å². The molecule has 0 bridgehead atoms. The molecule has 1 aromatic rings. The third-order valence-corrected chi connectivity index (χ3v) is 5.21. The first-order chi connectivity index (χ1) is 13.3. The fourth-order valence-electron chi connectivity index (χ4n) is 3.66. The molecule has 0 aliphatic carbocycles. The molecular formula is C22H35IN4O. The van der Waals surface area contributed by atoms with Crippen molar-refractivity contribution in [1.82, 2.24) is 15.1 Å². The number of benzene rings is 1. The van der Waals surface area contributed by atoms with Crippen molar-refractivity contribution in [3.63, 3.8) is 0 Å². The minimum atomic E-state index is 0. The molecule has 2 saturated heterocycles. The lowest BCUT2D eigenvalue weighted by atomic mass is 10.0. The van der Waals surface area contributed by atoms with Crippen LogP contribution in [0.1, 0.15) is 31.7 Å². The van der Waals surface area contributed by atoms with Gasteiger partial charge in [-0.3, -0.25) is 9.89 Å². The maximum absolute atomic E-state index is 5.41. The van der Waals surface area contributed by atoms with E-state index in [9.17, 15) is 0 Å². The number of guanidine groups is 1. The van der Waals surface area contributed by atoms with Crippen molar-refractivity contribution in [1.29, 1.82) is 0 Å². The van der Waals surface area contributed by atoms with Crippen LogP contribution in [0.5, 0.6) is 0 Å². The minimum Gasteiger partial charge on any atom is -0.379 e. The number of hydrogen-bond acceptors (Lipinski definition) is 3. The Morgan fingerprint density at radius 3 is 2.50 bits per heavy atom. The summed E-state index contributed by atoms with van der Waals surface area (Å²) in [6.07, 6.45) is 5.70. The molecule has 28 heavy (non-hydrogen) atoms. The maximum atomic E-state index is 5.41. The van der Waals surface area contributed by atoms with E-state index in [4.69, 9.17) is 9.73 Å². The van der Waals surface area contributed by atoms with Crippen molar-refractivity contribution < 1.29 is 4.74 Å². The highest BCUT2D eigenvalue weighted by atomic mass is 127. The van der Waals surface area contributed by atoms with Crippen molar-refractivity contribution in [3.8, 4) is 0 Å². The number of likely N-dealkylation sites (tertiary alicyclic amines) is 1. The summed E-state index contributed by atoms with van der Waals surface area (Å²) in [6.45, 7) is 11.1. The number of morpholine rings is 1. The summed E-state index contributed by atoms with van der Waals surface area (Å²) in [5.41, 5.74) is 2.85. The SMILES string of the molecule is CCNC(=NCCCN1CCOCC1)N1CCC(=Cc2ccccc2)CC1.I. The first-order valence-electron chi connectivity index (χ1n) is 10.4. The van der Waals surface area contributed by atoms with Crippen LogP contribution in [0.25, 0.3) is 6.08 Å². The second-order valence-corrected chi connectivity index (χ2v) is 7.24. The van der Waals surface area contributed by atoms with Gasteiger partial charge in [-0.15, -0.1) is 24.0 Å². The molecule has 3 rings (SSSR count). The fraction of sp³-hybridized carbons (Fsp3) is 0.591. The summed E-state index contributed by atoms with van der Waals surface area (Å²) in [6, 6.07) is 10.6. The van der Waals surface area contributed by atoms with Crippen LogP contribution in [0.15, 0.2) is 40.9 Å². The third-order valence-electron chi connectivity index (χ3n) is 5.21. The average Bonchev–Trinajstić information content (AvgIpc) is 2.72. The van der Waals surface area contributed by atoms with Gasteiger partial charge in [-0.2, -0.15) is 0 Å². The van der Waals surface area contributed by atoms with Gasteiger partial charge in [0, 0.05) is 45.8 Å². The standard InChI is InChI=1S/C22H34N4O.HI/c1-2-23-22(24-11-6-12-25-15-17-27-18-16-25)26-13-9-21(10-14-26)19-20-7-4-3-5-8-20;/h3-5,7-8,19H,2,6,9-18H2,1H3,(H,23,24);1H. The summed E-state index contributed by atoms with van der Waals surface area (Å²) < 4.78 is 5.41. The Hall–Kier alpha value is -1.12. The van der Waals surface area contributed by atoms with Gasteiger partial charge in [-0.1, -0.05) is 42.0 Å². The van der Waals surface area contributed by atoms with Crippen LogP contribution in [-0.4, -0.2) is 74.8 Å². The predicted molar refractivity (Wildman–Crippen MR) is 128 cm³/mol. The molecular weight excluding hydrogens is 463 g/mol. The Balaban J connectivity index is 0.00000280. The van der Waals surface area contributed by atoms with Crippen molar-refractivity contribution in [3.05, 3.63) is 41.5 Å². The van der Waals surface area contributed by atoms with Gasteiger partial charge in [-0.25, -0.2) is 0 Å². The molecule has 0 unspecified atom stereocenters. The largest absolute Gasteiger partial charge is 0.379 e. The number of halogens is 1. The number of aliphatic imine (C=N–C) groups is 1. The topological polar surface area (TPSA) is 40.1 Å². The molecule has 0 aromatic heterocycles. The zero-order valence-corrected chi connectivity index (χ0v) is 19.4. The highest BCUT2D eigenvalue weighted by molar-refractivity contribution is 14.0. The van der Waals surface area contributed by atoms with E-state index in [1.807, 2.05) is 0 Å². The summed E-state index contributed by atoms with van der Waals surface area (Å²) in [7, 11) is 0. The minimum absolute atomic E-state index is 0. The number of ether oxygens (including phenoxy) is 1. The van der Waals surface area contributed by atoms with Crippen molar-refractivity contribution in [2.45, 2.75) is 26.2 Å². The Kier molecular flexibility index (Phi) is 10.9. The number of rotatable bonds is 6. The average molecular weight is 498 g/mol. The molecule has 2 heterocycles. The van der Waals surface area contributed by atoms with Gasteiger partial charge < -0.3 is 15.0 Å². The number of nitrogens with one attached hydrogen (secondary N) is 1. The van der Waals surface area contributed by atoms with Crippen LogP contribution in [0, 0.1) is 0 Å². The smallest absolute Gasteiger partial charge is 0.193 e. The van der Waals surface area contributed by atoms with Crippen LogP contribution in [0.4, 0.5) is 0 Å². The fourth-order valence-corrected chi connectivity index (χ4v) is 3.66. The monoisotopic (exact) mass is 498 g/mol. The first-order valence-corrected chi connectivity index (χ1v) is 10.4. The molecule has 0 radical (unpaired) electrons. The molecule has 5 nitrogen and oxygen atoms in total. The Bertz CT molecular complexity index is 604. The highest BCUT2D eigenvalue weighted by Gasteiger charge is 2.17. The van der Waals surface area contributed by atoms with E-state index in [0.717, 1.165) is 84.2 Å². The quantitative estimate of drug-likeness (QED) is 0.282. The second-order valence-electron chi connectivity index (χ2n) is 7.24. The van der Waals surface area contributed by atoms with Crippen LogP contribution >= 0.6 is 24.0 Å². The van der Waals surface area contributed by atoms with Gasteiger partial charge in [0.25, 0.3) is 0 Å². The summed E-state index contributed by atoms with van der Waals surface area (Å²) >= 11 is 0. The summed E-state index contributed by atoms with van der Waals surface area (Å²) in [5.74, 6) is 1.08. The van der Waals surface area contributed by atoms with Crippen LogP contribution in [-0.2, 0) is 4.74 Å². The lowest BCUT2D eigenvalue weighted by molar-refractivity contribution is 0.0377. The van der Waals surface area contributed by atoms with Gasteiger partial charge in [0.05, 0.1) is 13.2 Å². The van der Waals surface area contributed by atoms with Crippen LogP contribution < -0.4 is 5.32 Å². The lowest BCUT2D eigenvalue weighted by Crippen LogP contribution is -2.44. The van der Waals surface area contributed by atoms with E-state index in [1.165, 1.54) is 5.56 Å². The third kappa shape index (κ3) is 7.72. The summed E-state index contributed by atoms with van der Waals surface area (Å²) in [5, 5.41) is 3.48. The number of nitrogens with zero attached hydrogens (tertiary/aromatic N) is 3. The Morgan fingerprint density at radius 2 is 1.82 bits per heavy atom. The normalized spacial score (nSPS) is 18.5. The van der Waals surface area contributed by atoms with E-state index >= 15 is 0 Å². The molecule has 0 atom stereocenters. The predicted octanol–water partition coefficient (Wildman–Crippen LogP) is 3.47. The van der Waals surface area contributed by atoms with Gasteiger partial charge in [0.1, 0.15) is 0 Å². The summed E-state index contributed by atoms with van der Waals surface area (Å²) in [4.78, 5) is 9.78. The maximum Gasteiger partial charge on any atom is 0.193 e. The Labute approximate surface area is 187 Å². The molecule has 0 spiro atoms. The van der Waals surface area contributed by atoms with Gasteiger partial charge in [-0.05, 0) is 31.7 Å². The molecule has 2 aliphatic rings. The Morgan fingerprint density at radius 1 is 1.11 bits per heavy atom. The highest BCUT2D eigenvalue weighted by Crippen LogP contribution is 2.19. The molecule has 2 aliphatic heterocycles. The van der Waals surface area contributed by atoms with Crippen LogP contribution in [0.3, 0.4) is 0 Å². The zero-order valence-electron chi connectivity index (χ0n) is 17.1. The molecule has 0 amide bonds. The van der Waals surface area contributed by atoms with Crippen molar-refractivity contribution in [2.24, 2.45) is 4.99 Å². The van der Waals surface area contributed by atoms with Crippen molar-refractivity contribution in [2.75, 3.05) is 59.0 Å². The van der Waals surface area contributed by atoms with E-state index in [-0.39, 0.29) is 24.0 Å². The van der Waals surface area contributed by atoms with E-state index in [2.05, 4.69) is 58.4 Å². The van der Waals surface area contributed by atoms with E-state index in [0.29, 0.717) is 0 Å². The zero-order chi connectivity index (χ0) is 18.7. The van der Waals surface area contributed by atoms with Gasteiger partial charge in [0.2, 0.25) is 0 Å². The number of hydrogen-bond donors (Lipinski definition) is 1. The molecule has 1 aromatic carbocycles. The van der Waals surface area contributed by atoms with E-state index in [1.54, 1.807) is 5.57 Å². The second kappa shape index (κ2) is 13.2. The van der Waals surface area contributed by atoms with Crippen molar-refractivity contribution >= 4 is 36.0 Å². The van der Waals surface area contributed by atoms with Gasteiger partial charge in [0.15, 0.2) is 5.96 Å². The molecule has 6 heteroatoms.